The van der Waals surface area contributed by atoms with E-state index in [0.717, 1.165) is 24.2 Å². The molecular weight excluding hydrogens is 498 g/mol. The number of hydrogen-bond donors (Lipinski definition) is 2. The minimum atomic E-state index is -0.311. The first-order chi connectivity index (χ1) is 18.7. The molecule has 1 aliphatic rings. The Balaban J connectivity index is 1.54. The molecule has 0 radical (unpaired) electrons. The van der Waals surface area contributed by atoms with Crippen LogP contribution in [0.15, 0.2) is 52.3 Å². The number of hydrogen-bond acceptors (Lipinski definition) is 6. The number of H-pyrrole nitrogens is 1. The fourth-order valence-electron chi connectivity index (χ4n) is 4.90. The van der Waals surface area contributed by atoms with Crippen LogP contribution in [-0.4, -0.2) is 64.3 Å². The molecule has 0 saturated carbocycles. The topological polar surface area (TPSA) is 111 Å². The van der Waals surface area contributed by atoms with Crippen LogP contribution in [0.5, 0.6) is 11.5 Å². The van der Waals surface area contributed by atoms with Crippen LogP contribution in [0.2, 0.25) is 0 Å². The molecule has 1 aromatic carbocycles. The van der Waals surface area contributed by atoms with Gasteiger partial charge < -0.3 is 28.9 Å². The zero-order valence-corrected chi connectivity index (χ0v) is 22.7. The molecule has 4 heterocycles. The Kier molecular flexibility index (Phi) is 7.40. The van der Waals surface area contributed by atoms with E-state index in [2.05, 4.69) is 15.2 Å². The second kappa shape index (κ2) is 10.9. The van der Waals surface area contributed by atoms with Crippen molar-refractivity contribution in [2.45, 2.75) is 13.8 Å². The smallest absolute Gasteiger partial charge is 0.293 e. The number of aromatic amines is 1. The molecule has 5 rings (SSSR count). The van der Waals surface area contributed by atoms with E-state index in [1.165, 1.54) is 9.13 Å². The van der Waals surface area contributed by atoms with Crippen molar-refractivity contribution < 1.29 is 14.3 Å². The highest BCUT2D eigenvalue weighted by molar-refractivity contribution is 6.03. The third-order valence-corrected chi connectivity index (χ3v) is 7.15. The summed E-state index contributed by atoms with van der Waals surface area (Å²) >= 11 is 0. The van der Waals surface area contributed by atoms with Crippen molar-refractivity contribution in [2.75, 3.05) is 39.4 Å². The summed E-state index contributed by atoms with van der Waals surface area (Å²) in [6.07, 6.45) is 3.34. The molecule has 0 aliphatic carbocycles. The number of pyridine rings is 2. The number of carbonyl (C=O) groups excluding carboxylic acids is 1. The molecule has 0 bridgehead atoms. The lowest BCUT2D eigenvalue weighted by atomic mass is 10.0. The average Bonchev–Trinajstić information content (AvgIpc) is 3.38. The van der Waals surface area contributed by atoms with E-state index in [1.807, 2.05) is 32.0 Å². The molecule has 1 saturated heterocycles. The van der Waals surface area contributed by atoms with Gasteiger partial charge in [0.25, 0.3) is 17.0 Å². The van der Waals surface area contributed by atoms with E-state index in [-0.39, 0.29) is 34.0 Å². The van der Waals surface area contributed by atoms with Gasteiger partial charge in [0.15, 0.2) is 5.75 Å². The third-order valence-electron chi connectivity index (χ3n) is 7.15. The van der Waals surface area contributed by atoms with E-state index in [1.54, 1.807) is 38.6 Å². The lowest BCUT2D eigenvalue weighted by molar-refractivity contribution is 0.0383. The van der Waals surface area contributed by atoms with Crippen molar-refractivity contribution >= 4 is 16.8 Å². The van der Waals surface area contributed by atoms with Gasteiger partial charge in [0.2, 0.25) is 0 Å². The van der Waals surface area contributed by atoms with E-state index in [9.17, 15) is 14.4 Å². The molecule has 1 fully saturated rings. The molecule has 0 spiro atoms. The molecular formula is C29H33N5O5. The zero-order valence-electron chi connectivity index (χ0n) is 22.7. The van der Waals surface area contributed by atoms with Crippen molar-refractivity contribution in [2.24, 2.45) is 14.1 Å². The number of ether oxygens (including phenoxy) is 2. The monoisotopic (exact) mass is 531 g/mol. The van der Waals surface area contributed by atoms with Crippen LogP contribution in [0.25, 0.3) is 22.0 Å². The number of carbonyl (C=O) groups is 1. The highest BCUT2D eigenvalue weighted by atomic mass is 16.5. The zero-order chi connectivity index (χ0) is 27.7. The predicted molar refractivity (Wildman–Crippen MR) is 150 cm³/mol. The van der Waals surface area contributed by atoms with Gasteiger partial charge in [0.1, 0.15) is 17.0 Å². The first-order valence-electron chi connectivity index (χ1n) is 13.0. The standard InChI is InChI=1S/C29H33N5O5/c1-18-6-5-7-19(2)25(18)39-26-20(8-10-32(3)29(26)37)22-17-33(4)28(36)24-21(22)16-23(31-24)27(35)30-9-11-34-12-14-38-15-13-34/h5-8,10,16-17,31H,9,11-15H2,1-4H3,(H,30,35). The molecule has 0 unspecified atom stereocenters. The third kappa shape index (κ3) is 5.25. The molecule has 1 amide bonds. The molecule has 39 heavy (non-hydrogen) atoms. The van der Waals surface area contributed by atoms with Gasteiger partial charge in [-0.05, 0) is 37.1 Å². The highest BCUT2D eigenvalue weighted by Gasteiger charge is 2.21. The normalized spacial score (nSPS) is 14.1. The molecule has 0 atom stereocenters. The molecule has 2 N–H and O–H groups in total. The minimum absolute atomic E-state index is 0.148. The lowest BCUT2D eigenvalue weighted by Gasteiger charge is -2.26. The maximum atomic E-state index is 13.3. The van der Waals surface area contributed by atoms with Crippen LogP contribution in [0, 0.1) is 13.8 Å². The summed E-state index contributed by atoms with van der Waals surface area (Å²) in [5.74, 6) is 0.455. The van der Waals surface area contributed by atoms with Crippen molar-refractivity contribution in [1.82, 2.24) is 24.3 Å². The van der Waals surface area contributed by atoms with Crippen LogP contribution in [-0.2, 0) is 18.8 Å². The van der Waals surface area contributed by atoms with Crippen LogP contribution >= 0.6 is 0 Å². The van der Waals surface area contributed by atoms with E-state index in [4.69, 9.17) is 9.47 Å². The number of amides is 1. The van der Waals surface area contributed by atoms with Gasteiger partial charge in [0.05, 0.1) is 13.2 Å². The van der Waals surface area contributed by atoms with Crippen LogP contribution in [0.3, 0.4) is 0 Å². The number of aromatic nitrogens is 3. The molecule has 3 aromatic heterocycles. The number of nitrogens with one attached hydrogen (secondary N) is 2. The number of rotatable bonds is 7. The molecule has 10 nitrogen and oxygen atoms in total. The molecule has 4 aromatic rings. The number of fused-ring (bicyclic) bond motifs is 1. The van der Waals surface area contributed by atoms with E-state index >= 15 is 0 Å². The first-order valence-corrected chi connectivity index (χ1v) is 13.0. The molecule has 1 aliphatic heterocycles. The van der Waals surface area contributed by atoms with Crippen molar-refractivity contribution in [3.63, 3.8) is 0 Å². The minimum Gasteiger partial charge on any atom is -0.450 e. The summed E-state index contributed by atoms with van der Waals surface area (Å²) in [5.41, 5.74) is 2.90. The summed E-state index contributed by atoms with van der Waals surface area (Å²) < 4.78 is 14.6. The number of para-hydroxylation sites is 1. The Labute approximate surface area is 225 Å². The van der Waals surface area contributed by atoms with E-state index < -0.39 is 0 Å². The van der Waals surface area contributed by atoms with Crippen molar-refractivity contribution in [3.05, 3.63) is 80.3 Å². The summed E-state index contributed by atoms with van der Waals surface area (Å²) in [4.78, 5) is 44.6. The summed E-state index contributed by atoms with van der Waals surface area (Å²) in [6, 6.07) is 9.24. The van der Waals surface area contributed by atoms with E-state index in [0.29, 0.717) is 48.6 Å². The van der Waals surface area contributed by atoms with Gasteiger partial charge in [-0.15, -0.1) is 0 Å². The molecule has 10 heteroatoms. The Morgan fingerprint density at radius 1 is 1.00 bits per heavy atom. The van der Waals surface area contributed by atoms with Crippen LogP contribution < -0.4 is 21.2 Å². The maximum Gasteiger partial charge on any atom is 0.293 e. The van der Waals surface area contributed by atoms with Crippen molar-refractivity contribution in [3.8, 4) is 22.6 Å². The van der Waals surface area contributed by atoms with Gasteiger partial charge in [-0.2, -0.15) is 0 Å². The quantitative estimate of drug-likeness (QED) is 0.380. The summed E-state index contributed by atoms with van der Waals surface area (Å²) in [7, 11) is 3.30. The Morgan fingerprint density at radius 3 is 2.44 bits per heavy atom. The number of nitrogens with zero attached hydrogens (tertiary/aromatic N) is 3. The Hall–Kier alpha value is -4.15. The maximum absolute atomic E-state index is 13.3. The SMILES string of the molecule is Cc1cccc(C)c1Oc1c(-c2cn(C)c(=O)c3[nH]c(C(=O)NCCN4CCOCC4)cc23)ccn(C)c1=O. The van der Waals surface area contributed by atoms with Crippen LogP contribution in [0.1, 0.15) is 21.6 Å². The fourth-order valence-corrected chi connectivity index (χ4v) is 4.90. The van der Waals surface area contributed by atoms with Gasteiger partial charge >= 0.3 is 0 Å². The number of morpholine rings is 1. The van der Waals surface area contributed by atoms with Gasteiger partial charge in [-0.3, -0.25) is 19.3 Å². The second-order valence-electron chi connectivity index (χ2n) is 9.94. The predicted octanol–water partition coefficient (Wildman–Crippen LogP) is 2.70. The highest BCUT2D eigenvalue weighted by Crippen LogP contribution is 2.36. The first kappa shape index (κ1) is 26.5. The Morgan fingerprint density at radius 2 is 1.72 bits per heavy atom. The number of benzene rings is 1. The van der Waals surface area contributed by atoms with Gasteiger partial charge in [0, 0.05) is 69.2 Å². The second-order valence-corrected chi connectivity index (χ2v) is 9.94. The average molecular weight is 532 g/mol. The summed E-state index contributed by atoms with van der Waals surface area (Å²) in [6.45, 7) is 8.11. The largest absolute Gasteiger partial charge is 0.450 e. The van der Waals surface area contributed by atoms with Gasteiger partial charge in [-0.25, -0.2) is 0 Å². The fraction of sp³-hybridized carbons (Fsp3) is 0.345. The molecule has 204 valence electrons. The number of aryl methyl sites for hydroxylation is 4. The Bertz CT molecular complexity index is 1640. The van der Waals surface area contributed by atoms with Gasteiger partial charge in [-0.1, -0.05) is 18.2 Å². The summed E-state index contributed by atoms with van der Waals surface area (Å²) in [5, 5.41) is 3.47. The lowest BCUT2D eigenvalue weighted by Crippen LogP contribution is -2.41. The van der Waals surface area contributed by atoms with Crippen molar-refractivity contribution in [1.29, 1.82) is 0 Å². The van der Waals surface area contributed by atoms with Crippen LogP contribution in [0.4, 0.5) is 0 Å².